The topological polar surface area (TPSA) is 105 Å². The molecule has 1 aliphatic heterocycles. The van der Waals surface area contributed by atoms with Gasteiger partial charge >= 0.3 is 0 Å². The Balaban J connectivity index is 1.90. The van der Waals surface area contributed by atoms with Crippen LogP contribution in [0.5, 0.6) is 11.5 Å². The summed E-state index contributed by atoms with van der Waals surface area (Å²) in [6, 6.07) is 11.5. The van der Waals surface area contributed by atoms with E-state index in [1.54, 1.807) is 19.1 Å². The molecule has 34 heavy (non-hydrogen) atoms. The lowest BCUT2D eigenvalue weighted by Gasteiger charge is -2.31. The van der Waals surface area contributed by atoms with Gasteiger partial charge in [0.2, 0.25) is 28.6 Å². The number of carbonyl (C=O) groups excluding carboxylic acids is 2. The second-order valence-electron chi connectivity index (χ2n) is 8.28. The molecule has 0 fully saturated rings. The molecule has 0 saturated heterocycles. The van der Waals surface area contributed by atoms with Crippen LogP contribution in [-0.2, 0) is 26.2 Å². The third-order valence-corrected chi connectivity index (χ3v) is 6.62. The molecule has 1 heterocycles. The van der Waals surface area contributed by atoms with Gasteiger partial charge in [-0.1, -0.05) is 36.8 Å². The van der Waals surface area contributed by atoms with Crippen molar-refractivity contribution < 1.29 is 27.5 Å². The standard InChI is InChI=1S/C24H31N3O6S/c1-5-11-25-24(29)18(3)26(14-19-8-6-7-17(2)12-19)23(28)15-27(34(4,30)31)20-9-10-21-22(13-20)33-16-32-21/h6-10,12-13,18H,5,11,14-16H2,1-4H3,(H,25,29)/t18-/m0/s1. The molecule has 0 saturated carbocycles. The predicted molar refractivity (Wildman–Crippen MR) is 129 cm³/mol. The van der Waals surface area contributed by atoms with Gasteiger partial charge in [0, 0.05) is 19.2 Å². The van der Waals surface area contributed by atoms with Crippen molar-refractivity contribution in [1.82, 2.24) is 10.2 Å². The van der Waals surface area contributed by atoms with Gasteiger partial charge in [-0.05, 0) is 38.0 Å². The number of sulfonamides is 1. The third kappa shape index (κ3) is 6.19. The molecule has 0 aliphatic carbocycles. The number of ether oxygens (including phenoxy) is 2. The lowest BCUT2D eigenvalue weighted by molar-refractivity contribution is -0.139. The fourth-order valence-corrected chi connectivity index (χ4v) is 4.48. The Labute approximate surface area is 200 Å². The molecule has 0 unspecified atom stereocenters. The number of benzene rings is 2. The van der Waals surface area contributed by atoms with Gasteiger partial charge in [0.15, 0.2) is 11.5 Å². The van der Waals surface area contributed by atoms with Gasteiger partial charge in [-0.3, -0.25) is 13.9 Å². The molecule has 2 amide bonds. The summed E-state index contributed by atoms with van der Waals surface area (Å²) in [5.41, 5.74) is 2.14. The van der Waals surface area contributed by atoms with Crippen LogP contribution < -0.4 is 19.1 Å². The molecule has 10 heteroatoms. The van der Waals surface area contributed by atoms with E-state index in [0.29, 0.717) is 18.0 Å². The molecule has 9 nitrogen and oxygen atoms in total. The zero-order valence-electron chi connectivity index (χ0n) is 19.9. The molecule has 184 valence electrons. The fourth-order valence-electron chi connectivity index (χ4n) is 3.64. The number of aryl methyl sites for hydroxylation is 1. The quantitative estimate of drug-likeness (QED) is 0.550. The lowest BCUT2D eigenvalue weighted by Crippen LogP contribution is -2.51. The molecule has 2 aromatic carbocycles. The van der Waals surface area contributed by atoms with Gasteiger partial charge < -0.3 is 19.7 Å². The highest BCUT2D eigenvalue weighted by atomic mass is 32.2. The Morgan fingerprint density at radius 3 is 2.53 bits per heavy atom. The minimum Gasteiger partial charge on any atom is -0.454 e. The van der Waals surface area contributed by atoms with Gasteiger partial charge in [0.25, 0.3) is 0 Å². The van der Waals surface area contributed by atoms with Crippen LogP contribution in [0.25, 0.3) is 0 Å². The normalized spacial score (nSPS) is 13.3. The van der Waals surface area contributed by atoms with Crippen LogP contribution in [0.3, 0.4) is 0 Å². The highest BCUT2D eigenvalue weighted by Crippen LogP contribution is 2.36. The second kappa shape index (κ2) is 10.8. The van der Waals surface area contributed by atoms with Crippen LogP contribution in [0.15, 0.2) is 42.5 Å². The van der Waals surface area contributed by atoms with Crippen molar-refractivity contribution in [2.45, 2.75) is 39.8 Å². The lowest BCUT2D eigenvalue weighted by atomic mass is 10.1. The first kappa shape index (κ1) is 25.4. The Morgan fingerprint density at radius 2 is 1.85 bits per heavy atom. The summed E-state index contributed by atoms with van der Waals surface area (Å²) in [5, 5.41) is 2.81. The van der Waals surface area contributed by atoms with Crippen molar-refractivity contribution >= 4 is 27.5 Å². The number of hydrogen-bond acceptors (Lipinski definition) is 6. The van der Waals surface area contributed by atoms with Crippen LogP contribution in [-0.4, -0.2) is 57.3 Å². The van der Waals surface area contributed by atoms with Crippen LogP contribution in [0.1, 0.15) is 31.4 Å². The van der Waals surface area contributed by atoms with Crippen LogP contribution >= 0.6 is 0 Å². The van der Waals surface area contributed by atoms with E-state index >= 15 is 0 Å². The summed E-state index contributed by atoms with van der Waals surface area (Å²) < 4.78 is 36.9. The zero-order valence-corrected chi connectivity index (χ0v) is 20.7. The van der Waals surface area contributed by atoms with Gasteiger partial charge in [0.1, 0.15) is 12.6 Å². The number of amides is 2. The van der Waals surface area contributed by atoms with E-state index in [9.17, 15) is 18.0 Å². The van der Waals surface area contributed by atoms with E-state index in [2.05, 4.69) is 5.32 Å². The Kier molecular flexibility index (Phi) is 8.03. The van der Waals surface area contributed by atoms with Gasteiger partial charge in [0.05, 0.1) is 11.9 Å². The number of anilines is 1. The van der Waals surface area contributed by atoms with Crippen molar-refractivity contribution in [2.24, 2.45) is 0 Å². The molecular formula is C24H31N3O6S. The number of rotatable bonds is 10. The van der Waals surface area contributed by atoms with E-state index in [4.69, 9.17) is 9.47 Å². The number of nitrogens with one attached hydrogen (secondary N) is 1. The summed E-state index contributed by atoms with van der Waals surface area (Å²) in [6.45, 7) is 5.77. The largest absolute Gasteiger partial charge is 0.454 e. The maximum atomic E-state index is 13.5. The smallest absolute Gasteiger partial charge is 0.244 e. The van der Waals surface area contributed by atoms with Crippen molar-refractivity contribution in [3.63, 3.8) is 0 Å². The molecule has 0 spiro atoms. The zero-order chi connectivity index (χ0) is 24.9. The fraction of sp³-hybridized carbons (Fsp3) is 0.417. The highest BCUT2D eigenvalue weighted by molar-refractivity contribution is 7.92. The highest BCUT2D eigenvalue weighted by Gasteiger charge is 2.30. The summed E-state index contributed by atoms with van der Waals surface area (Å²) in [6.07, 6.45) is 1.80. The minimum atomic E-state index is -3.81. The molecule has 2 aromatic rings. The molecule has 0 aromatic heterocycles. The Hall–Kier alpha value is -3.27. The van der Waals surface area contributed by atoms with Crippen LogP contribution in [0.2, 0.25) is 0 Å². The first-order valence-electron chi connectivity index (χ1n) is 11.1. The first-order chi connectivity index (χ1) is 16.1. The monoisotopic (exact) mass is 489 g/mol. The molecule has 3 rings (SSSR count). The Bertz CT molecular complexity index is 1150. The van der Waals surface area contributed by atoms with Crippen molar-refractivity contribution in [1.29, 1.82) is 0 Å². The van der Waals surface area contributed by atoms with Gasteiger partial charge in [-0.25, -0.2) is 8.42 Å². The third-order valence-electron chi connectivity index (χ3n) is 5.48. The van der Waals surface area contributed by atoms with Crippen molar-refractivity contribution in [3.8, 4) is 11.5 Å². The summed E-state index contributed by atoms with van der Waals surface area (Å²) in [7, 11) is -3.81. The van der Waals surface area contributed by atoms with Crippen molar-refractivity contribution in [2.75, 3.05) is 30.4 Å². The first-order valence-corrected chi connectivity index (χ1v) is 12.9. The van der Waals surface area contributed by atoms with Gasteiger partial charge in [-0.15, -0.1) is 0 Å². The van der Waals surface area contributed by atoms with E-state index in [-0.39, 0.29) is 24.9 Å². The predicted octanol–water partition coefficient (Wildman–Crippen LogP) is 2.43. The maximum Gasteiger partial charge on any atom is 0.244 e. The van der Waals surface area contributed by atoms with Gasteiger partial charge in [-0.2, -0.15) is 0 Å². The second-order valence-corrected chi connectivity index (χ2v) is 10.2. The summed E-state index contributed by atoms with van der Waals surface area (Å²) in [5.74, 6) is 0.119. The summed E-state index contributed by atoms with van der Waals surface area (Å²) in [4.78, 5) is 27.6. The number of carbonyl (C=O) groups is 2. The van der Waals surface area contributed by atoms with Crippen molar-refractivity contribution in [3.05, 3.63) is 53.6 Å². The maximum absolute atomic E-state index is 13.5. The molecular weight excluding hydrogens is 458 g/mol. The minimum absolute atomic E-state index is 0.0469. The Morgan fingerprint density at radius 1 is 1.12 bits per heavy atom. The SMILES string of the molecule is CCCNC(=O)[C@H](C)N(Cc1cccc(C)c1)C(=O)CN(c1ccc2c(c1)OCO2)S(C)(=O)=O. The number of hydrogen-bond donors (Lipinski definition) is 1. The number of nitrogens with zero attached hydrogens (tertiary/aromatic N) is 2. The molecule has 1 N–H and O–H groups in total. The number of fused-ring (bicyclic) bond motifs is 1. The molecule has 1 atom stereocenters. The van der Waals surface area contributed by atoms with E-state index in [0.717, 1.165) is 28.1 Å². The van der Waals surface area contributed by atoms with E-state index in [1.165, 1.54) is 11.0 Å². The summed E-state index contributed by atoms with van der Waals surface area (Å²) >= 11 is 0. The average Bonchev–Trinajstić information content (AvgIpc) is 3.26. The average molecular weight is 490 g/mol. The molecule has 1 aliphatic rings. The van der Waals surface area contributed by atoms with Crippen LogP contribution in [0, 0.1) is 6.92 Å². The van der Waals surface area contributed by atoms with E-state index < -0.39 is 28.5 Å². The van der Waals surface area contributed by atoms with Crippen LogP contribution in [0.4, 0.5) is 5.69 Å². The van der Waals surface area contributed by atoms with E-state index in [1.807, 2.05) is 38.1 Å². The molecule has 0 radical (unpaired) electrons. The molecule has 0 bridgehead atoms.